The van der Waals surface area contributed by atoms with E-state index in [-0.39, 0.29) is 0 Å². The highest BCUT2D eigenvalue weighted by atomic mass is 15.1. The van der Waals surface area contributed by atoms with E-state index in [1.54, 1.807) is 0 Å². The number of nitrogens with zero attached hydrogens (tertiary/aromatic N) is 1. The standard InChI is InChI=1S/C21H23N.C5H12/c1-21(2,3)14-15-22-16-19-10-5-4-8-17(19)12-13-18-9-6-7-11-20(18)22;1-5(2,3)4/h4-11H,14-16H2,1-3H3;1-4H3. The van der Waals surface area contributed by atoms with Crippen LogP contribution in [0.1, 0.15) is 71.6 Å². The maximum atomic E-state index is 3.36. The topological polar surface area (TPSA) is 3.24 Å². The molecule has 0 fully saturated rings. The molecule has 0 radical (unpaired) electrons. The quantitative estimate of drug-likeness (QED) is 0.526. The summed E-state index contributed by atoms with van der Waals surface area (Å²) in [6, 6.07) is 17.0. The number of benzene rings is 2. The molecule has 0 spiro atoms. The lowest BCUT2D eigenvalue weighted by Crippen LogP contribution is -2.28. The van der Waals surface area contributed by atoms with Crippen molar-refractivity contribution in [2.45, 2.75) is 61.4 Å². The van der Waals surface area contributed by atoms with E-state index in [1.807, 2.05) is 0 Å². The van der Waals surface area contributed by atoms with Crippen molar-refractivity contribution in [3.63, 3.8) is 0 Å². The molecule has 1 aliphatic heterocycles. The predicted molar refractivity (Wildman–Crippen MR) is 119 cm³/mol. The Morgan fingerprint density at radius 3 is 1.93 bits per heavy atom. The molecule has 0 unspecified atom stereocenters. The zero-order valence-corrected chi connectivity index (χ0v) is 18.2. The van der Waals surface area contributed by atoms with E-state index in [0.717, 1.165) is 30.6 Å². The summed E-state index contributed by atoms with van der Waals surface area (Å²) in [6.45, 7) is 17.6. The fourth-order valence-electron chi connectivity index (χ4n) is 2.73. The number of para-hydroxylation sites is 1. The lowest BCUT2D eigenvalue weighted by atomic mass is 9.91. The third kappa shape index (κ3) is 7.51. The number of hydrogen-bond acceptors (Lipinski definition) is 1. The van der Waals surface area contributed by atoms with E-state index >= 15 is 0 Å². The van der Waals surface area contributed by atoms with Crippen LogP contribution in [0.25, 0.3) is 0 Å². The average molecular weight is 362 g/mol. The molecule has 144 valence electrons. The van der Waals surface area contributed by atoms with Gasteiger partial charge in [0, 0.05) is 24.2 Å². The van der Waals surface area contributed by atoms with Crippen molar-refractivity contribution in [1.29, 1.82) is 0 Å². The van der Waals surface area contributed by atoms with Crippen molar-refractivity contribution in [2.24, 2.45) is 10.8 Å². The van der Waals surface area contributed by atoms with E-state index in [4.69, 9.17) is 0 Å². The molecule has 0 bridgehead atoms. The molecule has 0 aromatic heterocycles. The van der Waals surface area contributed by atoms with Crippen molar-refractivity contribution in [2.75, 3.05) is 11.4 Å². The van der Waals surface area contributed by atoms with Crippen LogP contribution in [0.2, 0.25) is 0 Å². The summed E-state index contributed by atoms with van der Waals surface area (Å²) in [6.07, 6.45) is 1.16. The normalized spacial score (nSPS) is 13.1. The average Bonchev–Trinajstić information content (AvgIpc) is 2.54. The lowest BCUT2D eigenvalue weighted by Gasteiger charge is -2.30. The second-order valence-corrected chi connectivity index (χ2v) is 10.2. The van der Waals surface area contributed by atoms with Crippen LogP contribution >= 0.6 is 0 Å². The van der Waals surface area contributed by atoms with Gasteiger partial charge < -0.3 is 4.90 Å². The summed E-state index contributed by atoms with van der Waals surface area (Å²) in [5.74, 6) is 6.69. The van der Waals surface area contributed by atoms with Gasteiger partial charge in [-0.15, -0.1) is 0 Å². The van der Waals surface area contributed by atoms with E-state index < -0.39 is 0 Å². The van der Waals surface area contributed by atoms with Crippen LogP contribution in [0, 0.1) is 22.7 Å². The van der Waals surface area contributed by atoms with Crippen molar-refractivity contribution < 1.29 is 0 Å². The van der Waals surface area contributed by atoms with Crippen LogP contribution in [-0.2, 0) is 6.54 Å². The Morgan fingerprint density at radius 1 is 0.778 bits per heavy atom. The largest absolute Gasteiger partial charge is 0.366 e. The second kappa shape index (κ2) is 8.66. The number of rotatable bonds is 2. The Labute approximate surface area is 166 Å². The molecule has 0 saturated carbocycles. The zero-order chi connectivity index (χ0) is 20.1. The molecule has 27 heavy (non-hydrogen) atoms. The lowest BCUT2D eigenvalue weighted by molar-refractivity contribution is 0.378. The van der Waals surface area contributed by atoms with Crippen molar-refractivity contribution in [1.82, 2.24) is 0 Å². The molecule has 1 heteroatoms. The van der Waals surface area contributed by atoms with Gasteiger partial charge in [-0.1, -0.05) is 90.6 Å². The Hall–Kier alpha value is -2.20. The van der Waals surface area contributed by atoms with Gasteiger partial charge in [0.05, 0.1) is 5.69 Å². The number of anilines is 1. The highest BCUT2D eigenvalue weighted by Crippen LogP contribution is 2.27. The molecule has 0 N–H and O–H groups in total. The summed E-state index contributed by atoms with van der Waals surface area (Å²) in [4.78, 5) is 2.48. The fourth-order valence-corrected chi connectivity index (χ4v) is 2.73. The van der Waals surface area contributed by atoms with Gasteiger partial charge in [-0.25, -0.2) is 0 Å². The molecule has 3 rings (SSSR count). The van der Waals surface area contributed by atoms with E-state index in [9.17, 15) is 0 Å². The first-order valence-electron chi connectivity index (χ1n) is 9.97. The van der Waals surface area contributed by atoms with E-state index in [0.29, 0.717) is 10.8 Å². The summed E-state index contributed by atoms with van der Waals surface area (Å²) in [5.41, 5.74) is 5.69. The third-order valence-electron chi connectivity index (χ3n) is 4.09. The maximum absolute atomic E-state index is 3.36. The molecule has 1 nitrogen and oxygen atoms in total. The molecule has 0 amide bonds. The van der Waals surface area contributed by atoms with Gasteiger partial charge in [0.15, 0.2) is 0 Å². The molecule has 1 heterocycles. The molecule has 2 aromatic rings. The smallest absolute Gasteiger partial charge is 0.0528 e. The summed E-state index contributed by atoms with van der Waals surface area (Å²) in [7, 11) is 0. The molecule has 0 aliphatic carbocycles. The van der Waals surface area contributed by atoms with Gasteiger partial charge in [0.25, 0.3) is 0 Å². The molecular formula is C26H35N. The second-order valence-electron chi connectivity index (χ2n) is 10.2. The van der Waals surface area contributed by atoms with Gasteiger partial charge >= 0.3 is 0 Å². The van der Waals surface area contributed by atoms with Crippen LogP contribution in [0.5, 0.6) is 0 Å². The molecule has 0 saturated heterocycles. The monoisotopic (exact) mass is 361 g/mol. The van der Waals surface area contributed by atoms with Crippen LogP contribution in [0.15, 0.2) is 48.5 Å². The van der Waals surface area contributed by atoms with Crippen molar-refractivity contribution in [3.8, 4) is 11.8 Å². The van der Waals surface area contributed by atoms with Gasteiger partial charge in [-0.2, -0.15) is 0 Å². The fraction of sp³-hybridized carbons (Fsp3) is 0.462. The van der Waals surface area contributed by atoms with Crippen LogP contribution in [0.3, 0.4) is 0 Å². The Kier molecular flexibility index (Phi) is 6.77. The third-order valence-corrected chi connectivity index (χ3v) is 4.09. The van der Waals surface area contributed by atoms with E-state index in [2.05, 4.69) is 114 Å². The minimum absolute atomic E-state index is 0.336. The molecule has 1 aliphatic rings. The maximum Gasteiger partial charge on any atom is 0.0528 e. The minimum Gasteiger partial charge on any atom is -0.366 e. The number of hydrogen-bond donors (Lipinski definition) is 0. The Balaban J connectivity index is 0.000000465. The van der Waals surface area contributed by atoms with Gasteiger partial charge in [0.2, 0.25) is 0 Å². The van der Waals surface area contributed by atoms with Gasteiger partial charge in [0.1, 0.15) is 0 Å². The van der Waals surface area contributed by atoms with Crippen LogP contribution in [-0.4, -0.2) is 6.54 Å². The predicted octanol–water partition coefficient (Wildman–Crippen LogP) is 6.90. The first-order valence-corrected chi connectivity index (χ1v) is 9.97. The Morgan fingerprint density at radius 2 is 1.30 bits per heavy atom. The highest BCUT2D eigenvalue weighted by Gasteiger charge is 2.18. The number of fused-ring (bicyclic) bond motifs is 2. The highest BCUT2D eigenvalue weighted by molar-refractivity contribution is 5.64. The van der Waals surface area contributed by atoms with Gasteiger partial charge in [-0.05, 0) is 41.0 Å². The first kappa shape index (κ1) is 21.1. The SMILES string of the molecule is CC(C)(C)C.CC(C)(C)CCN1Cc2ccccc2C#Cc2ccccc21. The summed E-state index contributed by atoms with van der Waals surface area (Å²) >= 11 is 0. The zero-order valence-electron chi connectivity index (χ0n) is 18.2. The molecule has 2 aromatic carbocycles. The van der Waals surface area contributed by atoms with Gasteiger partial charge in [-0.3, -0.25) is 0 Å². The minimum atomic E-state index is 0.336. The molecule has 0 atom stereocenters. The summed E-state index contributed by atoms with van der Waals surface area (Å²) in [5, 5.41) is 0. The van der Waals surface area contributed by atoms with E-state index in [1.165, 1.54) is 11.3 Å². The van der Waals surface area contributed by atoms with Crippen molar-refractivity contribution >= 4 is 5.69 Å². The molecular weight excluding hydrogens is 326 g/mol. The van der Waals surface area contributed by atoms with Crippen LogP contribution < -0.4 is 4.90 Å². The summed E-state index contributed by atoms with van der Waals surface area (Å²) < 4.78 is 0. The Bertz CT molecular complexity index is 800. The van der Waals surface area contributed by atoms with Crippen molar-refractivity contribution in [3.05, 3.63) is 65.2 Å². The van der Waals surface area contributed by atoms with Crippen LogP contribution in [0.4, 0.5) is 5.69 Å². The first-order chi connectivity index (χ1) is 12.5.